The second-order valence-corrected chi connectivity index (χ2v) is 7.74. The van der Waals surface area contributed by atoms with E-state index in [1.54, 1.807) is 6.92 Å². The van der Waals surface area contributed by atoms with Gasteiger partial charge >= 0.3 is 0 Å². The van der Waals surface area contributed by atoms with E-state index < -0.39 is 0 Å². The fourth-order valence-corrected chi connectivity index (χ4v) is 4.43. The van der Waals surface area contributed by atoms with Crippen molar-refractivity contribution in [2.24, 2.45) is 29.6 Å². The lowest BCUT2D eigenvalue weighted by atomic mass is 9.71. The Balaban J connectivity index is 2.19. The predicted octanol–water partition coefficient (Wildman–Crippen LogP) is 3.58. The van der Waals surface area contributed by atoms with E-state index in [-0.39, 0.29) is 5.91 Å². The largest absolute Gasteiger partial charge is 0.381 e. The Kier molecular flexibility index (Phi) is 5.70. The molecule has 4 unspecified atom stereocenters. The first-order valence-electron chi connectivity index (χ1n) is 8.76. The molecule has 0 aromatic carbocycles. The van der Waals surface area contributed by atoms with Crippen LogP contribution >= 0.6 is 0 Å². The van der Waals surface area contributed by atoms with Crippen molar-refractivity contribution in [1.82, 2.24) is 4.90 Å². The molecule has 2 saturated heterocycles. The SMILES string of the molecule is CC(=O)N1CCC(C(C)C)CC1C1COCCC1C(C)C. The summed E-state index contributed by atoms with van der Waals surface area (Å²) in [5.41, 5.74) is 0. The van der Waals surface area contributed by atoms with E-state index in [9.17, 15) is 4.79 Å². The minimum atomic E-state index is 0.246. The van der Waals surface area contributed by atoms with E-state index in [0.29, 0.717) is 29.7 Å². The third-order valence-corrected chi connectivity index (χ3v) is 5.84. The molecule has 0 aliphatic carbocycles. The summed E-state index contributed by atoms with van der Waals surface area (Å²) in [6, 6.07) is 0.386. The number of rotatable bonds is 3. The van der Waals surface area contributed by atoms with E-state index in [0.717, 1.165) is 44.9 Å². The van der Waals surface area contributed by atoms with Crippen molar-refractivity contribution in [1.29, 1.82) is 0 Å². The smallest absolute Gasteiger partial charge is 0.219 e. The lowest BCUT2D eigenvalue weighted by Gasteiger charge is -2.48. The summed E-state index contributed by atoms with van der Waals surface area (Å²) in [4.78, 5) is 14.2. The van der Waals surface area contributed by atoms with E-state index in [4.69, 9.17) is 4.74 Å². The molecule has 0 N–H and O–H groups in total. The highest BCUT2D eigenvalue weighted by molar-refractivity contribution is 5.73. The summed E-state index contributed by atoms with van der Waals surface area (Å²) < 4.78 is 5.80. The zero-order chi connectivity index (χ0) is 15.6. The van der Waals surface area contributed by atoms with Crippen LogP contribution < -0.4 is 0 Å². The first-order chi connectivity index (χ1) is 9.91. The van der Waals surface area contributed by atoms with Crippen molar-refractivity contribution in [3.05, 3.63) is 0 Å². The quantitative estimate of drug-likeness (QED) is 0.796. The highest BCUT2D eigenvalue weighted by Crippen LogP contribution is 2.39. The second kappa shape index (κ2) is 7.13. The van der Waals surface area contributed by atoms with Gasteiger partial charge in [0.1, 0.15) is 0 Å². The van der Waals surface area contributed by atoms with Crippen LogP contribution in [0.3, 0.4) is 0 Å². The van der Waals surface area contributed by atoms with Crippen LogP contribution in [0.5, 0.6) is 0 Å². The number of piperidine rings is 1. The van der Waals surface area contributed by atoms with Crippen LogP contribution in [0, 0.1) is 29.6 Å². The number of ether oxygens (including phenoxy) is 1. The van der Waals surface area contributed by atoms with E-state index in [1.165, 1.54) is 0 Å². The van der Waals surface area contributed by atoms with Gasteiger partial charge in [-0.2, -0.15) is 0 Å². The van der Waals surface area contributed by atoms with Gasteiger partial charge in [0.25, 0.3) is 0 Å². The van der Waals surface area contributed by atoms with Crippen molar-refractivity contribution < 1.29 is 9.53 Å². The molecule has 2 fully saturated rings. The van der Waals surface area contributed by atoms with Gasteiger partial charge < -0.3 is 9.64 Å². The normalized spacial score (nSPS) is 34.5. The molecule has 122 valence electrons. The highest BCUT2D eigenvalue weighted by atomic mass is 16.5. The minimum absolute atomic E-state index is 0.246. The fourth-order valence-electron chi connectivity index (χ4n) is 4.43. The van der Waals surface area contributed by atoms with Gasteiger partial charge in [0.15, 0.2) is 0 Å². The Hall–Kier alpha value is -0.570. The van der Waals surface area contributed by atoms with Crippen molar-refractivity contribution in [3.63, 3.8) is 0 Å². The molecule has 0 bridgehead atoms. The second-order valence-electron chi connectivity index (χ2n) is 7.74. The number of carbonyl (C=O) groups is 1. The van der Waals surface area contributed by atoms with Crippen LogP contribution in [0.15, 0.2) is 0 Å². The van der Waals surface area contributed by atoms with Gasteiger partial charge in [-0.3, -0.25) is 4.79 Å². The Morgan fingerprint density at radius 3 is 2.43 bits per heavy atom. The summed E-state index contributed by atoms with van der Waals surface area (Å²) in [5.74, 6) is 3.59. The molecular weight excluding hydrogens is 262 g/mol. The standard InChI is InChI=1S/C18H33NO2/c1-12(2)15-6-8-19(14(5)20)18(10-15)17-11-21-9-7-16(17)13(3)4/h12-13,15-18H,6-11H2,1-5H3. The summed E-state index contributed by atoms with van der Waals surface area (Å²) in [5, 5.41) is 0. The van der Waals surface area contributed by atoms with Gasteiger partial charge in [0.05, 0.1) is 6.61 Å². The molecule has 2 rings (SSSR count). The maximum absolute atomic E-state index is 12.1. The molecule has 3 heteroatoms. The molecule has 2 aliphatic rings. The van der Waals surface area contributed by atoms with Crippen LogP contribution in [-0.4, -0.2) is 36.6 Å². The molecule has 0 aromatic rings. The number of hydrogen-bond donors (Lipinski definition) is 0. The lowest BCUT2D eigenvalue weighted by molar-refractivity contribution is -0.139. The summed E-state index contributed by atoms with van der Waals surface area (Å²) in [6.07, 6.45) is 3.47. The van der Waals surface area contributed by atoms with Crippen molar-refractivity contribution in [2.45, 2.75) is 59.9 Å². The first-order valence-corrected chi connectivity index (χ1v) is 8.76. The molecule has 21 heavy (non-hydrogen) atoms. The first kappa shape index (κ1) is 16.8. The lowest BCUT2D eigenvalue weighted by Crippen LogP contribution is -2.54. The molecular formula is C18H33NO2. The third-order valence-electron chi connectivity index (χ3n) is 5.84. The van der Waals surface area contributed by atoms with E-state index in [1.807, 2.05) is 0 Å². The maximum atomic E-state index is 12.1. The van der Waals surface area contributed by atoms with E-state index in [2.05, 4.69) is 32.6 Å². The molecule has 0 aromatic heterocycles. The van der Waals surface area contributed by atoms with Crippen LogP contribution in [0.25, 0.3) is 0 Å². The predicted molar refractivity (Wildman–Crippen MR) is 86.0 cm³/mol. The van der Waals surface area contributed by atoms with Crippen molar-refractivity contribution >= 4 is 5.91 Å². The summed E-state index contributed by atoms with van der Waals surface area (Å²) in [6.45, 7) is 13.7. The maximum Gasteiger partial charge on any atom is 0.219 e. The molecule has 1 amide bonds. The molecule has 0 spiro atoms. The van der Waals surface area contributed by atoms with Gasteiger partial charge in [0, 0.05) is 32.0 Å². The van der Waals surface area contributed by atoms with Crippen LogP contribution in [0.4, 0.5) is 0 Å². The average molecular weight is 295 g/mol. The van der Waals surface area contributed by atoms with Gasteiger partial charge in [-0.05, 0) is 42.9 Å². The molecule has 2 aliphatic heterocycles. The summed E-state index contributed by atoms with van der Waals surface area (Å²) in [7, 11) is 0. The van der Waals surface area contributed by atoms with E-state index >= 15 is 0 Å². The van der Waals surface area contributed by atoms with Crippen molar-refractivity contribution in [2.75, 3.05) is 19.8 Å². The number of likely N-dealkylation sites (tertiary alicyclic amines) is 1. The molecule has 0 saturated carbocycles. The van der Waals surface area contributed by atoms with Crippen LogP contribution in [0.2, 0.25) is 0 Å². The van der Waals surface area contributed by atoms with Crippen LogP contribution in [-0.2, 0) is 9.53 Å². The fraction of sp³-hybridized carbons (Fsp3) is 0.944. The monoisotopic (exact) mass is 295 g/mol. The van der Waals surface area contributed by atoms with Crippen molar-refractivity contribution in [3.8, 4) is 0 Å². The van der Waals surface area contributed by atoms with Gasteiger partial charge in [-0.25, -0.2) is 0 Å². The number of nitrogens with zero attached hydrogens (tertiary/aromatic N) is 1. The number of hydrogen-bond acceptors (Lipinski definition) is 2. The third kappa shape index (κ3) is 3.80. The Labute approximate surface area is 130 Å². The number of amides is 1. The average Bonchev–Trinajstić information content (AvgIpc) is 2.46. The Morgan fingerprint density at radius 1 is 1.14 bits per heavy atom. The van der Waals surface area contributed by atoms with Gasteiger partial charge in [0.2, 0.25) is 5.91 Å². The molecule has 0 radical (unpaired) electrons. The molecule has 3 nitrogen and oxygen atoms in total. The Bertz CT molecular complexity index is 353. The molecule has 2 heterocycles. The van der Waals surface area contributed by atoms with Gasteiger partial charge in [-0.15, -0.1) is 0 Å². The van der Waals surface area contributed by atoms with Gasteiger partial charge in [-0.1, -0.05) is 27.7 Å². The molecule has 4 atom stereocenters. The topological polar surface area (TPSA) is 29.5 Å². The Morgan fingerprint density at radius 2 is 1.86 bits per heavy atom. The highest BCUT2D eigenvalue weighted by Gasteiger charge is 2.41. The zero-order valence-electron chi connectivity index (χ0n) is 14.5. The number of carbonyl (C=O) groups excluding carboxylic acids is 1. The minimum Gasteiger partial charge on any atom is -0.381 e. The van der Waals surface area contributed by atoms with Crippen LogP contribution in [0.1, 0.15) is 53.9 Å². The summed E-state index contributed by atoms with van der Waals surface area (Å²) >= 11 is 0. The zero-order valence-corrected chi connectivity index (χ0v) is 14.5.